The molecule has 1 spiro atoms. The maximum atomic E-state index is 14.7. The Balaban J connectivity index is 1.43. The topological polar surface area (TPSA) is 147 Å². The Morgan fingerprint density at radius 3 is 2.58 bits per heavy atom. The smallest absolute Gasteiger partial charge is 0.313 e. The standard InChI is InChI=1S/C39H56N4O9/c1-4-6-15-31(45)40-29(27-49-3)34(28-13-9-7-10-14-28)51-38(48)32-30-16-17-39(52-30)33(32)36(46)43(19-11-8-12-24-44)35(39)37(47)42(18-5-2)21-20-41-22-25-50-26-23-41/h4-5,7,9-10,13-14,29-30,32-35,44H,1-2,6,8,11-12,15-27H2,3H3,(H,40,45)/t29-,30+,32-,33-,34-,35+,39-/m0/s1. The first kappa shape index (κ1) is 39.6. The zero-order valence-electron chi connectivity index (χ0n) is 30.5. The minimum Gasteiger partial charge on any atom is -0.455 e. The molecular formula is C39H56N4O9. The maximum Gasteiger partial charge on any atom is 0.313 e. The molecule has 7 atom stereocenters. The van der Waals surface area contributed by atoms with Crippen LogP contribution in [0.2, 0.25) is 0 Å². The highest BCUT2D eigenvalue weighted by Gasteiger charge is 2.75. The van der Waals surface area contributed by atoms with E-state index in [2.05, 4.69) is 23.4 Å². The minimum absolute atomic E-state index is 0.0393. The van der Waals surface area contributed by atoms with Crippen LogP contribution in [-0.4, -0.2) is 140 Å². The number of nitrogens with zero attached hydrogens (tertiary/aromatic N) is 3. The average molecular weight is 725 g/mol. The van der Waals surface area contributed by atoms with Crippen LogP contribution in [0.5, 0.6) is 0 Å². The third-order valence-corrected chi connectivity index (χ3v) is 10.8. The van der Waals surface area contributed by atoms with Gasteiger partial charge in [-0.15, -0.1) is 13.2 Å². The number of allylic oxidation sites excluding steroid dienone is 1. The van der Waals surface area contributed by atoms with Crippen molar-refractivity contribution < 1.29 is 43.2 Å². The summed E-state index contributed by atoms with van der Waals surface area (Å²) in [5.41, 5.74) is -0.525. The van der Waals surface area contributed by atoms with E-state index >= 15 is 0 Å². The molecule has 52 heavy (non-hydrogen) atoms. The lowest BCUT2D eigenvalue weighted by molar-refractivity contribution is -0.163. The number of methoxy groups -OCH3 is 1. The van der Waals surface area contributed by atoms with Crippen LogP contribution >= 0.6 is 0 Å². The number of aliphatic hydroxyl groups is 1. The third kappa shape index (κ3) is 8.77. The lowest BCUT2D eigenvalue weighted by Crippen LogP contribution is -2.57. The second-order valence-corrected chi connectivity index (χ2v) is 14.1. The molecule has 4 saturated heterocycles. The van der Waals surface area contributed by atoms with E-state index < -0.39 is 47.7 Å². The van der Waals surface area contributed by atoms with Gasteiger partial charge in [0.1, 0.15) is 17.7 Å². The molecule has 1 aromatic carbocycles. The van der Waals surface area contributed by atoms with Crippen molar-refractivity contribution in [2.45, 2.75) is 74.8 Å². The van der Waals surface area contributed by atoms with Crippen molar-refractivity contribution in [3.8, 4) is 0 Å². The summed E-state index contributed by atoms with van der Waals surface area (Å²) >= 11 is 0. The lowest BCUT2D eigenvalue weighted by Gasteiger charge is -2.37. The summed E-state index contributed by atoms with van der Waals surface area (Å²) in [4.78, 5) is 62.3. The molecule has 4 fully saturated rings. The molecule has 13 heteroatoms. The van der Waals surface area contributed by atoms with Gasteiger partial charge in [0.15, 0.2) is 0 Å². The largest absolute Gasteiger partial charge is 0.455 e. The summed E-state index contributed by atoms with van der Waals surface area (Å²) in [6.07, 6.45) is 5.35. The number of carbonyl (C=O) groups excluding carboxylic acids is 4. The van der Waals surface area contributed by atoms with Gasteiger partial charge in [-0.3, -0.25) is 24.1 Å². The van der Waals surface area contributed by atoms with Crippen LogP contribution in [-0.2, 0) is 38.1 Å². The number of hydrogen-bond acceptors (Lipinski definition) is 10. The highest BCUT2D eigenvalue weighted by Crippen LogP contribution is 2.59. The van der Waals surface area contributed by atoms with Crippen molar-refractivity contribution in [2.24, 2.45) is 11.8 Å². The zero-order chi connectivity index (χ0) is 37.1. The number of likely N-dealkylation sites (tertiary alicyclic amines) is 1. The molecule has 4 heterocycles. The highest BCUT2D eigenvalue weighted by atomic mass is 16.6. The zero-order valence-corrected chi connectivity index (χ0v) is 30.5. The average Bonchev–Trinajstić information content (AvgIpc) is 3.80. The number of ether oxygens (including phenoxy) is 4. The van der Waals surface area contributed by atoms with Crippen LogP contribution in [0.15, 0.2) is 55.6 Å². The molecule has 1 aromatic rings. The summed E-state index contributed by atoms with van der Waals surface area (Å²) in [7, 11) is 1.51. The molecule has 13 nitrogen and oxygen atoms in total. The minimum atomic E-state index is -1.19. The van der Waals surface area contributed by atoms with Crippen molar-refractivity contribution in [1.29, 1.82) is 0 Å². The molecule has 4 aliphatic heterocycles. The summed E-state index contributed by atoms with van der Waals surface area (Å²) in [6.45, 7) is 12.3. The molecule has 0 unspecified atom stereocenters. The number of unbranched alkanes of at least 4 members (excludes halogenated alkanes) is 2. The van der Waals surface area contributed by atoms with Gasteiger partial charge in [0.05, 0.1) is 43.8 Å². The number of amides is 3. The second kappa shape index (κ2) is 18.9. The molecular weight excluding hydrogens is 668 g/mol. The summed E-state index contributed by atoms with van der Waals surface area (Å²) in [6, 6.07) is 7.53. The van der Waals surface area contributed by atoms with E-state index in [0.717, 1.165) is 13.1 Å². The first-order chi connectivity index (χ1) is 25.3. The van der Waals surface area contributed by atoms with E-state index in [1.165, 1.54) is 7.11 Å². The Kier molecular flexibility index (Phi) is 14.4. The molecule has 286 valence electrons. The predicted octanol–water partition coefficient (Wildman–Crippen LogP) is 2.25. The molecule has 2 N–H and O–H groups in total. The van der Waals surface area contributed by atoms with Gasteiger partial charge in [-0.05, 0) is 44.1 Å². The Morgan fingerprint density at radius 2 is 1.88 bits per heavy atom. The summed E-state index contributed by atoms with van der Waals surface area (Å²) < 4.78 is 24.0. The second-order valence-electron chi connectivity index (χ2n) is 14.1. The Bertz CT molecular complexity index is 1390. The first-order valence-corrected chi connectivity index (χ1v) is 18.7. The van der Waals surface area contributed by atoms with Crippen molar-refractivity contribution in [2.75, 3.05) is 72.8 Å². The number of esters is 1. The number of carbonyl (C=O) groups is 4. The molecule has 0 aromatic heterocycles. The van der Waals surface area contributed by atoms with Crippen LogP contribution in [0, 0.1) is 11.8 Å². The first-order valence-electron chi connectivity index (χ1n) is 18.7. The molecule has 5 rings (SSSR count). The van der Waals surface area contributed by atoms with Gasteiger partial charge in [0, 0.05) is 59.4 Å². The SMILES string of the molecule is C=CCCC(=O)N[C@@H](COC)[C@@H](OC(=O)[C@@H]1[C@H]2C(=O)N(CCCCCO)[C@H](C(=O)N(CC=C)CCN3CCOCC3)[C@]23CC[C@H]1O3)c1ccccc1. The van der Waals surface area contributed by atoms with E-state index in [4.69, 9.17) is 18.9 Å². The number of aliphatic hydroxyl groups excluding tert-OH is 1. The Morgan fingerprint density at radius 1 is 1.12 bits per heavy atom. The number of nitrogens with one attached hydrogen (secondary N) is 1. The van der Waals surface area contributed by atoms with Crippen LogP contribution in [0.3, 0.4) is 0 Å². The summed E-state index contributed by atoms with van der Waals surface area (Å²) in [5.74, 6) is -3.20. The van der Waals surface area contributed by atoms with Crippen LogP contribution in [0.25, 0.3) is 0 Å². The monoisotopic (exact) mass is 724 g/mol. The Hall–Kier alpha value is -3.62. The molecule has 0 saturated carbocycles. The summed E-state index contributed by atoms with van der Waals surface area (Å²) in [5, 5.41) is 12.4. The van der Waals surface area contributed by atoms with Crippen molar-refractivity contribution >= 4 is 23.7 Å². The third-order valence-electron chi connectivity index (χ3n) is 10.8. The van der Waals surface area contributed by atoms with Gasteiger partial charge < -0.3 is 39.2 Å². The molecule has 4 aliphatic rings. The van der Waals surface area contributed by atoms with Crippen molar-refractivity contribution in [1.82, 2.24) is 20.0 Å². The van der Waals surface area contributed by atoms with E-state index in [-0.39, 0.29) is 37.4 Å². The van der Waals surface area contributed by atoms with Gasteiger partial charge in [-0.25, -0.2) is 0 Å². The van der Waals surface area contributed by atoms with E-state index in [1.807, 2.05) is 30.3 Å². The van der Waals surface area contributed by atoms with Crippen molar-refractivity contribution in [3.63, 3.8) is 0 Å². The molecule has 3 amide bonds. The number of rotatable bonds is 21. The normalized spacial score (nSPS) is 26.4. The van der Waals surface area contributed by atoms with Gasteiger partial charge in [0.2, 0.25) is 17.7 Å². The van der Waals surface area contributed by atoms with Gasteiger partial charge in [-0.1, -0.05) is 42.5 Å². The van der Waals surface area contributed by atoms with E-state index in [1.54, 1.807) is 22.0 Å². The lowest BCUT2D eigenvalue weighted by atomic mass is 9.70. The molecule has 2 bridgehead atoms. The van der Waals surface area contributed by atoms with Crippen molar-refractivity contribution in [3.05, 3.63) is 61.2 Å². The number of fused-ring (bicyclic) bond motifs is 1. The van der Waals surface area contributed by atoms with E-state index in [9.17, 15) is 24.3 Å². The number of morpholine rings is 1. The van der Waals surface area contributed by atoms with Crippen LogP contribution in [0.4, 0.5) is 0 Å². The van der Waals surface area contributed by atoms with Crippen LogP contribution in [0.1, 0.15) is 56.6 Å². The van der Waals surface area contributed by atoms with Gasteiger partial charge >= 0.3 is 5.97 Å². The fourth-order valence-electron chi connectivity index (χ4n) is 8.34. The molecule has 0 radical (unpaired) electrons. The van der Waals surface area contributed by atoms with E-state index in [0.29, 0.717) is 83.5 Å². The number of benzene rings is 1. The highest BCUT2D eigenvalue weighted by molar-refractivity contribution is 5.98. The van der Waals surface area contributed by atoms with Gasteiger partial charge in [0.25, 0.3) is 0 Å². The maximum absolute atomic E-state index is 14.7. The molecule has 0 aliphatic carbocycles. The fraction of sp³-hybridized carbons (Fsp3) is 0.641. The number of hydrogen-bond donors (Lipinski definition) is 2. The quantitative estimate of drug-likeness (QED) is 0.110. The van der Waals surface area contributed by atoms with Gasteiger partial charge in [-0.2, -0.15) is 0 Å². The van der Waals surface area contributed by atoms with Crippen LogP contribution < -0.4 is 5.32 Å². The predicted molar refractivity (Wildman–Crippen MR) is 193 cm³/mol. The fourth-order valence-corrected chi connectivity index (χ4v) is 8.34. The Labute approximate surface area is 307 Å².